The summed E-state index contributed by atoms with van der Waals surface area (Å²) in [5.74, 6) is -0.971. The van der Waals surface area contributed by atoms with Crippen LogP contribution in [0, 0.1) is 5.82 Å². The van der Waals surface area contributed by atoms with Crippen LogP contribution in [0.25, 0.3) is 0 Å². The highest BCUT2D eigenvalue weighted by molar-refractivity contribution is 7.90. The molecule has 0 spiro atoms. The van der Waals surface area contributed by atoms with Gasteiger partial charge >= 0.3 is 0 Å². The van der Waals surface area contributed by atoms with Crippen molar-refractivity contribution in [2.45, 2.75) is 25.2 Å². The second-order valence-corrected chi connectivity index (χ2v) is 7.93. The van der Waals surface area contributed by atoms with E-state index in [1.807, 2.05) is 4.72 Å². The zero-order valence-corrected chi connectivity index (χ0v) is 14.9. The van der Waals surface area contributed by atoms with E-state index >= 15 is 0 Å². The van der Waals surface area contributed by atoms with Gasteiger partial charge in [0, 0.05) is 12.0 Å². The first kappa shape index (κ1) is 18.2. The Hall–Kier alpha value is -2.55. The molecule has 1 heterocycles. The number of hydrogen-bond donors (Lipinski definition) is 1. The van der Waals surface area contributed by atoms with Gasteiger partial charge in [-0.3, -0.25) is 4.79 Å². The van der Waals surface area contributed by atoms with Crippen LogP contribution >= 0.6 is 0 Å². The predicted molar refractivity (Wildman–Crippen MR) is 91.9 cm³/mol. The van der Waals surface area contributed by atoms with Crippen molar-refractivity contribution in [3.8, 4) is 5.75 Å². The van der Waals surface area contributed by atoms with E-state index in [0.29, 0.717) is 17.0 Å². The highest BCUT2D eigenvalue weighted by Crippen LogP contribution is 2.42. The maximum absolute atomic E-state index is 13.1. The van der Waals surface area contributed by atoms with Gasteiger partial charge in [-0.25, -0.2) is 17.5 Å². The molecule has 1 aliphatic rings. The zero-order chi connectivity index (χ0) is 18.7. The van der Waals surface area contributed by atoms with Crippen LogP contribution in [0.1, 0.15) is 40.5 Å². The van der Waals surface area contributed by atoms with E-state index in [0.717, 1.165) is 12.8 Å². The third-order valence-electron chi connectivity index (χ3n) is 4.00. The Bertz CT molecular complexity index is 929. The van der Waals surface area contributed by atoms with Crippen LogP contribution < -0.4 is 9.46 Å². The monoisotopic (exact) mass is 379 g/mol. The predicted octanol–water partition coefficient (Wildman–Crippen LogP) is 1.80. The van der Waals surface area contributed by atoms with E-state index in [9.17, 15) is 17.6 Å². The molecule has 1 saturated carbocycles. The Balaban J connectivity index is 1.66. The first-order valence-corrected chi connectivity index (χ1v) is 9.74. The SMILES string of the molecule is COc1cc(C(=O)NS(=O)(=O)CCc2cccc(F)c2)nnc1C1CC1. The molecule has 1 N–H and O–H groups in total. The fourth-order valence-electron chi connectivity index (χ4n) is 2.49. The fraction of sp³-hybridized carbons (Fsp3) is 0.353. The number of aromatic nitrogens is 2. The molecule has 0 atom stereocenters. The topological polar surface area (TPSA) is 98.2 Å². The molecule has 138 valence electrons. The van der Waals surface area contributed by atoms with Gasteiger partial charge < -0.3 is 4.74 Å². The molecule has 1 fully saturated rings. The Labute approximate surface area is 150 Å². The van der Waals surface area contributed by atoms with Crippen LogP contribution in [0.2, 0.25) is 0 Å². The van der Waals surface area contributed by atoms with Crippen LogP contribution in [0.3, 0.4) is 0 Å². The fourth-order valence-corrected chi connectivity index (χ4v) is 3.48. The van der Waals surface area contributed by atoms with Gasteiger partial charge in [-0.15, -0.1) is 5.10 Å². The van der Waals surface area contributed by atoms with Crippen LogP contribution in [-0.4, -0.2) is 37.4 Å². The molecule has 0 unspecified atom stereocenters. The normalized spacial score (nSPS) is 14.1. The maximum Gasteiger partial charge on any atom is 0.285 e. The Morgan fingerprint density at radius 1 is 1.31 bits per heavy atom. The van der Waals surface area contributed by atoms with E-state index in [4.69, 9.17) is 4.74 Å². The lowest BCUT2D eigenvalue weighted by Gasteiger charge is -2.09. The molecule has 1 aliphatic carbocycles. The number of benzene rings is 1. The van der Waals surface area contributed by atoms with E-state index in [1.165, 1.54) is 31.4 Å². The number of nitrogens with zero attached hydrogens (tertiary/aromatic N) is 2. The van der Waals surface area contributed by atoms with Gasteiger partial charge in [0.1, 0.15) is 17.3 Å². The van der Waals surface area contributed by atoms with E-state index in [2.05, 4.69) is 10.2 Å². The van der Waals surface area contributed by atoms with Gasteiger partial charge in [-0.2, -0.15) is 5.10 Å². The third-order valence-corrected chi connectivity index (χ3v) is 5.24. The average molecular weight is 379 g/mol. The second-order valence-electron chi connectivity index (χ2n) is 6.09. The Kier molecular flexibility index (Phi) is 5.17. The summed E-state index contributed by atoms with van der Waals surface area (Å²) >= 11 is 0. The molecule has 1 aromatic heterocycles. The molecule has 7 nitrogen and oxygen atoms in total. The smallest absolute Gasteiger partial charge is 0.285 e. The molecular formula is C17H18FN3O4S. The molecule has 3 rings (SSSR count). The summed E-state index contributed by atoms with van der Waals surface area (Å²) in [6, 6.07) is 7.03. The number of methoxy groups -OCH3 is 1. The van der Waals surface area contributed by atoms with Crippen molar-refractivity contribution in [1.29, 1.82) is 0 Å². The van der Waals surface area contributed by atoms with Gasteiger partial charge in [0.05, 0.1) is 12.9 Å². The van der Waals surface area contributed by atoms with Gasteiger partial charge in [0.15, 0.2) is 5.69 Å². The molecule has 0 radical (unpaired) electrons. The number of carbonyl (C=O) groups is 1. The number of halogens is 1. The molecule has 0 saturated heterocycles. The molecule has 9 heteroatoms. The molecule has 1 amide bonds. The van der Waals surface area contributed by atoms with Crippen LogP contribution in [-0.2, 0) is 16.4 Å². The molecule has 0 bridgehead atoms. The number of hydrogen-bond acceptors (Lipinski definition) is 6. The van der Waals surface area contributed by atoms with Crippen LogP contribution in [0.4, 0.5) is 4.39 Å². The minimum Gasteiger partial charge on any atom is -0.495 e. The van der Waals surface area contributed by atoms with Gasteiger partial charge in [0.2, 0.25) is 10.0 Å². The highest BCUT2D eigenvalue weighted by Gasteiger charge is 2.30. The van der Waals surface area contributed by atoms with Gasteiger partial charge in [0.25, 0.3) is 5.91 Å². The summed E-state index contributed by atoms with van der Waals surface area (Å²) in [5, 5.41) is 7.80. The number of nitrogens with one attached hydrogen (secondary N) is 1. The third kappa shape index (κ3) is 4.54. The summed E-state index contributed by atoms with van der Waals surface area (Å²) in [6.07, 6.45) is 2.06. The summed E-state index contributed by atoms with van der Waals surface area (Å²) < 4.78 is 44.5. The van der Waals surface area contributed by atoms with Gasteiger partial charge in [-0.05, 0) is 37.0 Å². The first-order chi connectivity index (χ1) is 12.4. The van der Waals surface area contributed by atoms with Crippen molar-refractivity contribution in [1.82, 2.24) is 14.9 Å². The van der Waals surface area contributed by atoms with Crippen molar-refractivity contribution >= 4 is 15.9 Å². The minimum atomic E-state index is -3.90. The Morgan fingerprint density at radius 3 is 2.73 bits per heavy atom. The number of carbonyl (C=O) groups excluding carboxylic acids is 1. The van der Waals surface area contributed by atoms with E-state index in [1.54, 1.807) is 6.07 Å². The van der Waals surface area contributed by atoms with Crippen LogP contribution in [0.15, 0.2) is 30.3 Å². The van der Waals surface area contributed by atoms with Crippen LogP contribution in [0.5, 0.6) is 5.75 Å². The number of ether oxygens (including phenoxy) is 1. The quantitative estimate of drug-likeness (QED) is 0.788. The highest BCUT2D eigenvalue weighted by atomic mass is 32.2. The zero-order valence-electron chi connectivity index (χ0n) is 14.1. The molecule has 2 aromatic rings. The second kappa shape index (κ2) is 7.36. The minimum absolute atomic E-state index is 0.0794. The number of amides is 1. The van der Waals surface area contributed by atoms with E-state index in [-0.39, 0.29) is 23.8 Å². The lowest BCUT2D eigenvalue weighted by Crippen LogP contribution is -2.34. The largest absolute Gasteiger partial charge is 0.495 e. The number of aryl methyl sites for hydroxylation is 1. The summed E-state index contributed by atoms with van der Waals surface area (Å²) in [4.78, 5) is 12.2. The Morgan fingerprint density at radius 2 is 2.08 bits per heavy atom. The van der Waals surface area contributed by atoms with E-state index < -0.39 is 21.7 Å². The van der Waals surface area contributed by atoms with Crippen molar-refractivity contribution in [2.24, 2.45) is 0 Å². The molecule has 0 aliphatic heterocycles. The molecule has 26 heavy (non-hydrogen) atoms. The first-order valence-electron chi connectivity index (χ1n) is 8.09. The molecular weight excluding hydrogens is 361 g/mol. The molecule has 1 aromatic carbocycles. The number of sulfonamides is 1. The standard InChI is InChI=1S/C17H18FN3O4S/c1-25-15-10-14(19-20-16(15)12-5-6-12)17(22)21-26(23,24)8-7-11-3-2-4-13(18)9-11/h2-4,9-10,12H,5-8H2,1H3,(H,21,22). The maximum atomic E-state index is 13.1. The lowest BCUT2D eigenvalue weighted by molar-refractivity contribution is 0.0975. The van der Waals surface area contributed by atoms with Crippen molar-refractivity contribution in [3.05, 3.63) is 53.1 Å². The van der Waals surface area contributed by atoms with Gasteiger partial charge in [-0.1, -0.05) is 12.1 Å². The summed E-state index contributed by atoms with van der Waals surface area (Å²) in [7, 11) is -2.45. The summed E-state index contributed by atoms with van der Waals surface area (Å²) in [5.41, 5.74) is 1.07. The lowest BCUT2D eigenvalue weighted by atomic mass is 10.2. The van der Waals surface area contributed by atoms with Crippen molar-refractivity contribution < 1.29 is 22.3 Å². The van der Waals surface area contributed by atoms with Crippen molar-refractivity contribution in [2.75, 3.05) is 12.9 Å². The van der Waals surface area contributed by atoms with Crippen molar-refractivity contribution in [3.63, 3.8) is 0 Å². The average Bonchev–Trinajstić information content (AvgIpc) is 3.44. The summed E-state index contributed by atoms with van der Waals surface area (Å²) in [6.45, 7) is 0. The number of rotatable bonds is 7.